The van der Waals surface area contributed by atoms with Crippen LogP contribution in [0.2, 0.25) is 5.02 Å². The van der Waals surface area contributed by atoms with Crippen LogP contribution in [0.5, 0.6) is 0 Å². The van der Waals surface area contributed by atoms with E-state index in [2.05, 4.69) is 0 Å². The molecule has 0 fully saturated rings. The highest BCUT2D eigenvalue weighted by Crippen LogP contribution is 2.26. The molecule has 0 spiro atoms. The van der Waals surface area contributed by atoms with Gasteiger partial charge in [0.2, 0.25) is 0 Å². The van der Waals surface area contributed by atoms with Crippen molar-refractivity contribution in [3.05, 3.63) is 38.9 Å². The molecule has 0 heterocycles. The van der Waals surface area contributed by atoms with Crippen LogP contribution in [-0.4, -0.2) is 22.2 Å². The third-order valence-corrected chi connectivity index (χ3v) is 2.03. The summed E-state index contributed by atoms with van der Waals surface area (Å²) < 4.78 is 0. The van der Waals surface area contributed by atoms with E-state index in [1.54, 1.807) is 6.07 Å². The Kier molecular flexibility index (Phi) is 3.40. The van der Waals surface area contributed by atoms with Crippen molar-refractivity contribution in [3.8, 4) is 0 Å². The fraction of sp³-hybridized carbons (Fsp3) is 0.250. The van der Waals surface area contributed by atoms with Crippen molar-refractivity contribution in [2.45, 2.75) is 6.54 Å². The third kappa shape index (κ3) is 2.41. The van der Waals surface area contributed by atoms with Gasteiger partial charge in [0.05, 0.1) is 22.1 Å². The Bertz CT molecular complexity index is 354. The molecule has 0 aliphatic carbocycles. The quantitative estimate of drug-likeness (QED) is 0.621. The van der Waals surface area contributed by atoms with E-state index in [0.29, 0.717) is 5.56 Å². The van der Waals surface area contributed by atoms with Crippen LogP contribution < -0.4 is 0 Å². The first kappa shape index (κ1) is 10.9. The van der Waals surface area contributed by atoms with Crippen molar-refractivity contribution in [2.75, 3.05) is 7.05 Å². The highest BCUT2D eigenvalue weighted by molar-refractivity contribution is 6.31. The number of halogens is 1. The third-order valence-electron chi connectivity index (χ3n) is 1.68. The Morgan fingerprint density at radius 2 is 2.29 bits per heavy atom. The van der Waals surface area contributed by atoms with Crippen molar-refractivity contribution in [3.63, 3.8) is 0 Å². The summed E-state index contributed by atoms with van der Waals surface area (Å²) in [6.07, 6.45) is 0. The van der Waals surface area contributed by atoms with Crippen molar-refractivity contribution >= 4 is 17.3 Å². The number of benzene rings is 1. The van der Waals surface area contributed by atoms with Gasteiger partial charge in [-0.05, 0) is 6.07 Å². The van der Waals surface area contributed by atoms with E-state index in [1.807, 2.05) is 0 Å². The normalized spacial score (nSPS) is 10.6. The molecule has 0 unspecified atom stereocenters. The zero-order chi connectivity index (χ0) is 10.7. The SMILES string of the molecule is CN(O)Cc1c(Cl)cccc1[N+](=O)[O-]. The van der Waals surface area contributed by atoms with Gasteiger partial charge in [0.25, 0.3) is 5.69 Å². The first-order valence-electron chi connectivity index (χ1n) is 3.84. The van der Waals surface area contributed by atoms with Crippen LogP contribution in [-0.2, 0) is 6.54 Å². The van der Waals surface area contributed by atoms with Gasteiger partial charge in [-0.1, -0.05) is 17.7 Å². The van der Waals surface area contributed by atoms with Crippen LogP contribution in [0.15, 0.2) is 18.2 Å². The first-order chi connectivity index (χ1) is 6.52. The number of hydrogen-bond donors (Lipinski definition) is 1. The van der Waals surface area contributed by atoms with Gasteiger partial charge < -0.3 is 5.21 Å². The number of nitro groups is 1. The van der Waals surface area contributed by atoms with E-state index in [9.17, 15) is 10.1 Å². The van der Waals surface area contributed by atoms with Crippen molar-refractivity contribution < 1.29 is 10.1 Å². The van der Waals surface area contributed by atoms with Gasteiger partial charge in [-0.25, -0.2) is 0 Å². The van der Waals surface area contributed by atoms with Gasteiger partial charge in [0, 0.05) is 13.1 Å². The molecule has 0 amide bonds. The first-order valence-corrected chi connectivity index (χ1v) is 4.22. The summed E-state index contributed by atoms with van der Waals surface area (Å²) in [5.41, 5.74) is 0.225. The second-order valence-corrected chi connectivity index (χ2v) is 3.22. The number of hydroxylamine groups is 2. The fourth-order valence-electron chi connectivity index (χ4n) is 1.10. The standard InChI is InChI=1S/C8H9ClN2O3/c1-10(12)5-6-7(9)3-2-4-8(6)11(13)14/h2-4,12H,5H2,1H3. The van der Waals surface area contributed by atoms with Gasteiger partial charge in [0.15, 0.2) is 0 Å². The number of nitro benzene ring substituents is 1. The second kappa shape index (κ2) is 4.36. The van der Waals surface area contributed by atoms with Gasteiger partial charge in [-0.2, -0.15) is 5.06 Å². The molecule has 5 nitrogen and oxygen atoms in total. The van der Waals surface area contributed by atoms with Crippen LogP contribution in [0.25, 0.3) is 0 Å². The average molecular weight is 217 g/mol. The highest BCUT2D eigenvalue weighted by Gasteiger charge is 2.17. The largest absolute Gasteiger partial charge is 0.314 e. The van der Waals surface area contributed by atoms with Crippen molar-refractivity contribution in [2.24, 2.45) is 0 Å². The molecule has 0 saturated heterocycles. The van der Waals surface area contributed by atoms with E-state index in [1.165, 1.54) is 19.2 Å². The minimum absolute atomic E-state index is 0.0238. The lowest BCUT2D eigenvalue weighted by Gasteiger charge is -2.09. The zero-order valence-electron chi connectivity index (χ0n) is 7.48. The van der Waals surface area contributed by atoms with Gasteiger partial charge >= 0.3 is 0 Å². The molecule has 0 aliphatic rings. The van der Waals surface area contributed by atoms with Crippen LogP contribution in [0.4, 0.5) is 5.69 Å². The Labute approximate surface area is 85.6 Å². The second-order valence-electron chi connectivity index (χ2n) is 2.81. The van der Waals surface area contributed by atoms with Crippen LogP contribution in [0, 0.1) is 10.1 Å². The zero-order valence-corrected chi connectivity index (χ0v) is 8.23. The van der Waals surface area contributed by atoms with E-state index in [-0.39, 0.29) is 17.3 Å². The molecule has 1 aromatic rings. The molecule has 0 aromatic heterocycles. The van der Waals surface area contributed by atoms with E-state index in [4.69, 9.17) is 16.8 Å². The van der Waals surface area contributed by atoms with Gasteiger partial charge in [0.1, 0.15) is 0 Å². The molecule has 1 N–H and O–H groups in total. The van der Waals surface area contributed by atoms with Gasteiger partial charge in [-0.3, -0.25) is 10.1 Å². The number of hydrogen-bond acceptors (Lipinski definition) is 4. The monoisotopic (exact) mass is 216 g/mol. The lowest BCUT2D eigenvalue weighted by molar-refractivity contribution is -0.386. The predicted molar refractivity (Wildman–Crippen MR) is 51.4 cm³/mol. The molecule has 0 aliphatic heterocycles. The predicted octanol–water partition coefficient (Wildman–Crippen LogP) is 2.07. The van der Waals surface area contributed by atoms with E-state index < -0.39 is 4.92 Å². The Morgan fingerprint density at radius 3 is 2.79 bits per heavy atom. The lowest BCUT2D eigenvalue weighted by Crippen LogP contribution is -2.13. The molecule has 0 bridgehead atoms. The summed E-state index contributed by atoms with van der Waals surface area (Å²) in [6.45, 7) is 0.0238. The van der Waals surface area contributed by atoms with Gasteiger partial charge in [-0.15, -0.1) is 0 Å². The topological polar surface area (TPSA) is 66.6 Å². The highest BCUT2D eigenvalue weighted by atomic mass is 35.5. The summed E-state index contributed by atoms with van der Waals surface area (Å²) in [5.74, 6) is 0. The molecule has 1 aromatic carbocycles. The van der Waals surface area contributed by atoms with Crippen molar-refractivity contribution in [1.29, 1.82) is 0 Å². The maximum atomic E-state index is 10.6. The summed E-state index contributed by atoms with van der Waals surface area (Å²) in [4.78, 5) is 10.1. The number of nitrogens with zero attached hydrogens (tertiary/aromatic N) is 2. The van der Waals surface area contributed by atoms with Crippen LogP contribution >= 0.6 is 11.6 Å². The molecule has 0 saturated carbocycles. The maximum absolute atomic E-state index is 10.6. The molecule has 6 heteroatoms. The van der Waals surface area contributed by atoms with Crippen LogP contribution in [0.1, 0.15) is 5.56 Å². The average Bonchev–Trinajstić information content (AvgIpc) is 2.07. The molecule has 1 rings (SSSR count). The molecule has 76 valence electrons. The fourth-order valence-corrected chi connectivity index (χ4v) is 1.33. The number of rotatable bonds is 3. The van der Waals surface area contributed by atoms with E-state index >= 15 is 0 Å². The van der Waals surface area contributed by atoms with E-state index in [0.717, 1.165) is 5.06 Å². The molecular weight excluding hydrogens is 208 g/mol. The Hall–Kier alpha value is -1.17. The maximum Gasteiger partial charge on any atom is 0.275 e. The molecule has 0 atom stereocenters. The summed E-state index contributed by atoms with van der Waals surface area (Å²) >= 11 is 5.78. The Morgan fingerprint density at radius 1 is 1.64 bits per heavy atom. The summed E-state index contributed by atoms with van der Waals surface area (Å²) in [6, 6.07) is 4.40. The minimum Gasteiger partial charge on any atom is -0.314 e. The molecule has 0 radical (unpaired) electrons. The Balaban J connectivity index is 3.15. The molecular formula is C8H9ClN2O3. The van der Waals surface area contributed by atoms with Crippen LogP contribution in [0.3, 0.4) is 0 Å². The van der Waals surface area contributed by atoms with Crippen molar-refractivity contribution in [1.82, 2.24) is 5.06 Å². The summed E-state index contributed by atoms with van der Waals surface area (Å²) in [7, 11) is 1.40. The summed E-state index contributed by atoms with van der Waals surface area (Å²) in [5, 5.41) is 20.7. The smallest absolute Gasteiger partial charge is 0.275 e. The minimum atomic E-state index is -0.523. The molecule has 14 heavy (non-hydrogen) atoms. The lowest BCUT2D eigenvalue weighted by atomic mass is 10.2.